The molecule has 0 nitrogen and oxygen atoms in total. The van der Waals surface area contributed by atoms with Crippen LogP contribution >= 0.6 is 0 Å². The molecule has 0 aromatic heterocycles. The van der Waals surface area contributed by atoms with E-state index in [0.717, 1.165) is 0 Å². The maximum atomic E-state index is 0. The van der Waals surface area contributed by atoms with Gasteiger partial charge in [-0.05, 0) is 0 Å². The van der Waals surface area contributed by atoms with Crippen molar-refractivity contribution in [1.82, 2.24) is 0 Å². The molecule has 0 aromatic carbocycles. The zero-order chi connectivity index (χ0) is 0. The molecule has 0 aliphatic rings. The summed E-state index contributed by atoms with van der Waals surface area (Å²) < 4.78 is 0. The summed E-state index contributed by atoms with van der Waals surface area (Å²) in [5.74, 6) is 0. The smallest absolute Gasteiger partial charge is 0 e. The third-order valence-electron chi connectivity index (χ3n) is 0. The molecular weight excluding hydrogens is 269 g/mol. The van der Waals surface area contributed by atoms with Crippen LogP contribution in [0.25, 0.3) is 0 Å². The van der Waals surface area contributed by atoms with Crippen molar-refractivity contribution in [3.8, 4) is 0 Å². The maximum absolute atomic E-state index is 0. The van der Waals surface area contributed by atoms with Crippen LogP contribution in [0.5, 0.6) is 0 Å². The molecule has 4 heteroatoms. The van der Waals surface area contributed by atoms with Crippen LogP contribution in [0.3, 0.4) is 0 Å². The van der Waals surface area contributed by atoms with Gasteiger partial charge < -0.3 is 0 Å². The average molecular weight is 269 g/mol. The van der Waals surface area contributed by atoms with Gasteiger partial charge in [-0.15, -0.1) is 0 Å². The average Bonchev–Trinajstić information content (AvgIpc) is 0. The van der Waals surface area contributed by atoms with Crippen molar-refractivity contribution in [2.24, 2.45) is 0 Å². The zero-order valence-corrected chi connectivity index (χ0v) is 6.55. The fraction of sp³-hybridized carbons (Fsp3) is 0. The SMILES string of the molecule is [Co].[Fe].[Mo].[Ni]. The Bertz CT molecular complexity index is 8.00. The van der Waals surface area contributed by atoms with Gasteiger partial charge in [0.05, 0.1) is 0 Å². The van der Waals surface area contributed by atoms with Crippen LogP contribution < -0.4 is 0 Å². The van der Waals surface area contributed by atoms with Gasteiger partial charge in [0.15, 0.2) is 0 Å². The largest absolute Gasteiger partial charge is 0 e. The molecule has 0 rings (SSSR count). The van der Waals surface area contributed by atoms with Crippen molar-refractivity contribution in [2.75, 3.05) is 0 Å². The minimum atomic E-state index is 0. The van der Waals surface area contributed by atoms with Crippen LogP contribution in [-0.2, 0) is 71.4 Å². The summed E-state index contributed by atoms with van der Waals surface area (Å²) in [5, 5.41) is 0. The zero-order valence-electron chi connectivity index (χ0n) is 1.41. The first-order valence-corrected chi connectivity index (χ1v) is 0. The second-order valence-electron chi connectivity index (χ2n) is 0. The van der Waals surface area contributed by atoms with Crippen molar-refractivity contribution >= 4 is 0 Å². The quantitative estimate of drug-likeness (QED) is 0.543. The molecule has 0 unspecified atom stereocenters. The van der Waals surface area contributed by atoms with Crippen molar-refractivity contribution in [3.63, 3.8) is 0 Å². The van der Waals surface area contributed by atoms with Crippen molar-refractivity contribution in [3.05, 3.63) is 0 Å². The van der Waals surface area contributed by atoms with E-state index in [9.17, 15) is 0 Å². The van der Waals surface area contributed by atoms with Crippen LogP contribution in [0.15, 0.2) is 0 Å². The summed E-state index contributed by atoms with van der Waals surface area (Å²) in [4.78, 5) is 0. The molecule has 0 fully saturated rings. The topological polar surface area (TPSA) is 0 Å². The van der Waals surface area contributed by atoms with Gasteiger partial charge in [-0.1, -0.05) is 0 Å². The van der Waals surface area contributed by atoms with E-state index in [1.807, 2.05) is 0 Å². The summed E-state index contributed by atoms with van der Waals surface area (Å²) in [6.45, 7) is 0. The second-order valence-corrected chi connectivity index (χ2v) is 0. The summed E-state index contributed by atoms with van der Waals surface area (Å²) in [5.41, 5.74) is 0. The third-order valence-corrected chi connectivity index (χ3v) is 0. The molecule has 0 N–H and O–H groups in total. The van der Waals surface area contributed by atoms with Gasteiger partial charge >= 0.3 is 0 Å². The Balaban J connectivity index is 0. The predicted octanol–water partition coefficient (Wildman–Crippen LogP) is -0.0100. The van der Waals surface area contributed by atoms with Crippen LogP contribution in [-0.4, -0.2) is 0 Å². The van der Waals surface area contributed by atoms with E-state index in [1.165, 1.54) is 0 Å². The molecule has 33 valence electrons. The molecular formula is CoFeMoNi. The molecule has 1 radical (unpaired) electrons. The normalized spacial score (nSPS) is 0. The van der Waals surface area contributed by atoms with E-state index >= 15 is 0 Å². The first-order chi connectivity index (χ1) is 0. The van der Waals surface area contributed by atoms with E-state index in [1.54, 1.807) is 0 Å². The molecule has 0 saturated heterocycles. The van der Waals surface area contributed by atoms with E-state index in [2.05, 4.69) is 0 Å². The Hall–Kier alpha value is 2.21. The van der Waals surface area contributed by atoms with Gasteiger partial charge in [-0.3, -0.25) is 0 Å². The molecule has 0 heterocycles. The van der Waals surface area contributed by atoms with Crippen LogP contribution in [0, 0.1) is 0 Å². The van der Waals surface area contributed by atoms with Gasteiger partial charge in [0.2, 0.25) is 0 Å². The molecule has 0 aliphatic carbocycles. The first kappa shape index (κ1) is 34.5. The molecule has 0 spiro atoms. The molecule has 0 aliphatic heterocycles. The van der Waals surface area contributed by atoms with Crippen molar-refractivity contribution in [1.29, 1.82) is 0 Å². The molecule has 0 saturated carbocycles. The van der Waals surface area contributed by atoms with E-state index in [4.69, 9.17) is 0 Å². The molecule has 0 amide bonds. The summed E-state index contributed by atoms with van der Waals surface area (Å²) in [6, 6.07) is 0. The Labute approximate surface area is 70.7 Å². The Kier molecular flexibility index (Phi) is 163. The van der Waals surface area contributed by atoms with Crippen LogP contribution in [0.1, 0.15) is 0 Å². The van der Waals surface area contributed by atoms with E-state index in [0.29, 0.717) is 0 Å². The monoisotopic (exact) mass is 271 g/mol. The van der Waals surface area contributed by atoms with Gasteiger partial charge in [0, 0.05) is 71.4 Å². The molecule has 0 aromatic rings. The number of hydrogen-bond acceptors (Lipinski definition) is 0. The summed E-state index contributed by atoms with van der Waals surface area (Å²) in [7, 11) is 0. The van der Waals surface area contributed by atoms with E-state index in [-0.39, 0.29) is 71.4 Å². The van der Waals surface area contributed by atoms with Crippen molar-refractivity contribution < 1.29 is 71.4 Å². The summed E-state index contributed by atoms with van der Waals surface area (Å²) in [6.07, 6.45) is 0. The summed E-state index contributed by atoms with van der Waals surface area (Å²) >= 11 is 0. The van der Waals surface area contributed by atoms with Crippen LogP contribution in [0.4, 0.5) is 0 Å². The minimum Gasteiger partial charge on any atom is 0 e. The number of rotatable bonds is 0. The van der Waals surface area contributed by atoms with Crippen molar-refractivity contribution in [2.45, 2.75) is 0 Å². The molecule has 0 atom stereocenters. The van der Waals surface area contributed by atoms with Gasteiger partial charge in [-0.25, -0.2) is 0 Å². The number of hydrogen-bond donors (Lipinski definition) is 0. The fourth-order valence-corrected chi connectivity index (χ4v) is 0. The fourth-order valence-electron chi connectivity index (χ4n) is 0. The Morgan fingerprint density at radius 2 is 1.00 bits per heavy atom. The molecule has 0 bridgehead atoms. The second kappa shape index (κ2) is 18.9. The van der Waals surface area contributed by atoms with Gasteiger partial charge in [0.25, 0.3) is 0 Å². The van der Waals surface area contributed by atoms with Gasteiger partial charge in [0.1, 0.15) is 0 Å². The third kappa shape index (κ3) is 8.88. The standard InChI is InChI=1S/Co.Fe.Mo.Ni. The van der Waals surface area contributed by atoms with Crippen LogP contribution in [0.2, 0.25) is 0 Å². The minimum absolute atomic E-state index is 0. The first-order valence-electron chi connectivity index (χ1n) is 0. The Morgan fingerprint density at radius 3 is 1.00 bits per heavy atom. The van der Waals surface area contributed by atoms with E-state index < -0.39 is 0 Å². The maximum Gasteiger partial charge on any atom is 0 e. The predicted molar refractivity (Wildman–Crippen MR) is 0 cm³/mol. The molecule has 4 heavy (non-hydrogen) atoms. The van der Waals surface area contributed by atoms with Gasteiger partial charge in [-0.2, -0.15) is 0 Å². The Morgan fingerprint density at radius 1 is 1.00 bits per heavy atom.